The number of hydrogen-bond donors (Lipinski definition) is 1. The number of carbonyl (C=O) groups excluding carboxylic acids is 1. The quantitative estimate of drug-likeness (QED) is 0.601. The molecule has 35 heavy (non-hydrogen) atoms. The maximum atomic E-state index is 13.3. The molecule has 2 saturated heterocycles. The zero-order chi connectivity index (χ0) is 25.0. The molecule has 2 aromatic rings. The number of sulfonamides is 1. The van der Waals surface area contributed by atoms with Crippen LogP contribution in [0.2, 0.25) is 0 Å². The summed E-state index contributed by atoms with van der Waals surface area (Å²) >= 11 is 0. The van der Waals surface area contributed by atoms with Gasteiger partial charge in [-0.1, -0.05) is 31.2 Å². The van der Waals surface area contributed by atoms with E-state index in [1.54, 1.807) is 12.1 Å². The number of anilines is 1. The van der Waals surface area contributed by atoms with Crippen molar-refractivity contribution in [2.24, 2.45) is 5.92 Å². The first kappa shape index (κ1) is 25.7. The van der Waals surface area contributed by atoms with E-state index in [4.69, 9.17) is 0 Å². The van der Waals surface area contributed by atoms with Crippen molar-refractivity contribution in [3.63, 3.8) is 0 Å². The lowest BCUT2D eigenvalue weighted by Gasteiger charge is -2.30. The van der Waals surface area contributed by atoms with Gasteiger partial charge in [0.05, 0.1) is 10.5 Å². The highest BCUT2D eigenvalue weighted by molar-refractivity contribution is 7.89. The van der Waals surface area contributed by atoms with Gasteiger partial charge in [-0.05, 0) is 74.0 Å². The third-order valence-corrected chi connectivity index (χ3v) is 8.98. The van der Waals surface area contributed by atoms with Crippen LogP contribution in [0.3, 0.4) is 0 Å². The fourth-order valence-electron chi connectivity index (χ4n) is 4.90. The minimum Gasteiger partial charge on any atom is -0.371 e. The second-order valence-corrected chi connectivity index (χ2v) is 12.3. The van der Waals surface area contributed by atoms with Crippen molar-refractivity contribution >= 4 is 21.6 Å². The van der Waals surface area contributed by atoms with Crippen LogP contribution in [0.15, 0.2) is 47.4 Å². The first-order valence-electron chi connectivity index (χ1n) is 12.6. The molecular formula is C27H38N4O3S. The summed E-state index contributed by atoms with van der Waals surface area (Å²) in [7, 11) is -0.632. The van der Waals surface area contributed by atoms with E-state index in [9.17, 15) is 13.2 Å². The summed E-state index contributed by atoms with van der Waals surface area (Å²) in [5, 5.41) is 3.04. The molecule has 8 heteroatoms. The number of piperidine rings is 1. The second-order valence-electron chi connectivity index (χ2n) is 10.1. The summed E-state index contributed by atoms with van der Waals surface area (Å²) in [5.41, 5.74) is 3.50. The average Bonchev–Trinajstić information content (AvgIpc) is 3.38. The van der Waals surface area contributed by atoms with E-state index in [1.807, 2.05) is 12.1 Å². The van der Waals surface area contributed by atoms with Gasteiger partial charge < -0.3 is 10.2 Å². The Hall–Kier alpha value is -2.42. The number of amides is 1. The Labute approximate surface area is 210 Å². The predicted octanol–water partition coefficient (Wildman–Crippen LogP) is 3.70. The van der Waals surface area contributed by atoms with Gasteiger partial charge in [0.1, 0.15) is 0 Å². The van der Waals surface area contributed by atoms with Gasteiger partial charge in [-0.15, -0.1) is 0 Å². The molecule has 2 heterocycles. The topological polar surface area (TPSA) is 73.0 Å². The number of nitrogens with zero attached hydrogens (tertiary/aromatic N) is 3. The largest absolute Gasteiger partial charge is 0.371 e. The smallest absolute Gasteiger partial charge is 0.253 e. The van der Waals surface area contributed by atoms with Crippen molar-refractivity contribution in [3.05, 3.63) is 59.2 Å². The minimum atomic E-state index is -3.63. The van der Waals surface area contributed by atoms with Gasteiger partial charge in [0.25, 0.3) is 5.91 Å². The number of rotatable bonds is 8. The SMILES string of the molecule is CC1CCN(Cc2cccc(CNC(=O)c3cc(S(=O)(=O)N(C)C)ccc3N3CCCC3)c2)CC1. The summed E-state index contributed by atoms with van der Waals surface area (Å²) in [5.74, 6) is 0.558. The summed E-state index contributed by atoms with van der Waals surface area (Å²) < 4.78 is 26.6. The molecule has 2 aliphatic heterocycles. The van der Waals surface area contributed by atoms with E-state index in [-0.39, 0.29) is 10.8 Å². The zero-order valence-corrected chi connectivity index (χ0v) is 22.0. The van der Waals surface area contributed by atoms with Crippen LogP contribution in [0.5, 0.6) is 0 Å². The van der Waals surface area contributed by atoms with Crippen LogP contribution in [-0.2, 0) is 23.1 Å². The maximum absolute atomic E-state index is 13.3. The first-order chi connectivity index (χ1) is 16.7. The van der Waals surface area contributed by atoms with Crippen LogP contribution in [0.4, 0.5) is 5.69 Å². The fourth-order valence-corrected chi connectivity index (χ4v) is 5.82. The maximum Gasteiger partial charge on any atom is 0.253 e. The Balaban J connectivity index is 1.49. The summed E-state index contributed by atoms with van der Waals surface area (Å²) in [6.45, 7) is 7.66. The highest BCUT2D eigenvalue weighted by Gasteiger charge is 2.24. The molecular weight excluding hydrogens is 460 g/mol. The number of nitrogens with one attached hydrogen (secondary N) is 1. The lowest BCUT2D eigenvalue weighted by atomic mass is 9.98. The van der Waals surface area contributed by atoms with E-state index in [2.05, 4.69) is 34.2 Å². The van der Waals surface area contributed by atoms with Gasteiger partial charge >= 0.3 is 0 Å². The van der Waals surface area contributed by atoms with Gasteiger partial charge in [0.2, 0.25) is 10.0 Å². The highest BCUT2D eigenvalue weighted by atomic mass is 32.2. The van der Waals surface area contributed by atoms with Gasteiger partial charge in [0.15, 0.2) is 0 Å². The van der Waals surface area contributed by atoms with E-state index in [0.29, 0.717) is 12.1 Å². The van der Waals surface area contributed by atoms with Crippen molar-refractivity contribution < 1.29 is 13.2 Å². The molecule has 0 unspecified atom stereocenters. The molecule has 0 atom stereocenters. The minimum absolute atomic E-state index is 0.133. The molecule has 1 N–H and O–H groups in total. The van der Waals surface area contributed by atoms with Crippen LogP contribution < -0.4 is 10.2 Å². The molecule has 2 aliphatic rings. The molecule has 0 spiro atoms. The number of likely N-dealkylation sites (tertiary alicyclic amines) is 1. The molecule has 1 amide bonds. The fraction of sp³-hybridized carbons (Fsp3) is 0.519. The Morgan fingerprint density at radius 1 is 1.00 bits per heavy atom. The molecule has 0 radical (unpaired) electrons. The lowest BCUT2D eigenvalue weighted by Crippen LogP contribution is -2.32. The van der Waals surface area contributed by atoms with Crippen LogP contribution in [0.1, 0.15) is 54.1 Å². The molecule has 0 aromatic heterocycles. The summed E-state index contributed by atoms with van der Waals surface area (Å²) in [6.07, 6.45) is 4.64. The predicted molar refractivity (Wildman–Crippen MR) is 140 cm³/mol. The Bertz CT molecular complexity index is 1130. The van der Waals surface area contributed by atoms with Crippen LogP contribution in [0.25, 0.3) is 0 Å². The molecule has 7 nitrogen and oxygen atoms in total. The molecule has 0 bridgehead atoms. The van der Waals surface area contributed by atoms with E-state index in [1.165, 1.54) is 42.9 Å². The number of hydrogen-bond acceptors (Lipinski definition) is 5. The highest BCUT2D eigenvalue weighted by Crippen LogP contribution is 2.28. The molecule has 0 aliphatic carbocycles. The van der Waals surface area contributed by atoms with Gasteiger partial charge in [-0.25, -0.2) is 12.7 Å². The van der Waals surface area contributed by atoms with Crippen LogP contribution in [-0.4, -0.2) is 63.8 Å². The third kappa shape index (κ3) is 6.23. The van der Waals surface area contributed by atoms with Gasteiger partial charge in [-0.3, -0.25) is 9.69 Å². The van der Waals surface area contributed by atoms with Crippen molar-refractivity contribution in [3.8, 4) is 0 Å². The monoisotopic (exact) mass is 498 g/mol. The zero-order valence-electron chi connectivity index (χ0n) is 21.2. The summed E-state index contributed by atoms with van der Waals surface area (Å²) in [6, 6.07) is 13.3. The van der Waals surface area contributed by atoms with E-state index >= 15 is 0 Å². The van der Waals surface area contributed by atoms with Crippen LogP contribution >= 0.6 is 0 Å². The van der Waals surface area contributed by atoms with Crippen molar-refractivity contribution in [2.75, 3.05) is 45.2 Å². The molecule has 4 rings (SSSR count). The third-order valence-electron chi connectivity index (χ3n) is 7.16. The van der Waals surface area contributed by atoms with Crippen molar-refractivity contribution in [2.45, 2.75) is 50.6 Å². The molecule has 2 aromatic carbocycles. The Kier molecular flexibility index (Phi) is 8.14. The van der Waals surface area contributed by atoms with Crippen molar-refractivity contribution in [1.82, 2.24) is 14.5 Å². The standard InChI is InChI=1S/C27H38N4O3S/c1-21-11-15-30(16-12-21)20-23-8-6-7-22(17-23)19-28-27(32)25-18-24(35(33,34)29(2)3)9-10-26(25)31-13-4-5-14-31/h6-10,17-18,21H,4-5,11-16,19-20H2,1-3H3,(H,28,32). The normalized spacial score (nSPS) is 17.8. The molecule has 190 valence electrons. The molecule has 0 saturated carbocycles. The summed E-state index contributed by atoms with van der Waals surface area (Å²) in [4.78, 5) is 18.1. The number of benzene rings is 2. The first-order valence-corrected chi connectivity index (χ1v) is 14.1. The lowest BCUT2D eigenvalue weighted by molar-refractivity contribution is 0.0951. The van der Waals surface area contributed by atoms with E-state index in [0.717, 1.165) is 62.7 Å². The average molecular weight is 499 g/mol. The van der Waals surface area contributed by atoms with Crippen molar-refractivity contribution in [1.29, 1.82) is 0 Å². The number of carbonyl (C=O) groups is 1. The van der Waals surface area contributed by atoms with E-state index < -0.39 is 10.0 Å². The second kappa shape index (κ2) is 11.1. The Morgan fingerprint density at radius 3 is 2.37 bits per heavy atom. The van der Waals surface area contributed by atoms with Crippen LogP contribution in [0, 0.1) is 5.92 Å². The van der Waals surface area contributed by atoms with Gasteiger partial charge in [0, 0.05) is 46.0 Å². The molecule has 2 fully saturated rings. The Morgan fingerprint density at radius 2 is 1.69 bits per heavy atom. The van der Waals surface area contributed by atoms with Gasteiger partial charge in [-0.2, -0.15) is 0 Å².